The second kappa shape index (κ2) is 8.33. The van der Waals surface area contributed by atoms with Crippen molar-refractivity contribution in [3.8, 4) is 0 Å². The Morgan fingerprint density at radius 1 is 1.20 bits per heavy atom. The van der Waals surface area contributed by atoms with Crippen molar-refractivity contribution in [1.82, 2.24) is 14.8 Å². The first-order chi connectivity index (χ1) is 11.6. The van der Waals surface area contributed by atoms with Crippen LogP contribution >= 0.6 is 12.4 Å². The van der Waals surface area contributed by atoms with Crippen LogP contribution in [0, 0.1) is 0 Å². The number of piperazine rings is 1. The number of nitrogens with zero attached hydrogens (tertiary/aromatic N) is 2. The molecule has 0 saturated carbocycles. The van der Waals surface area contributed by atoms with Crippen molar-refractivity contribution in [2.24, 2.45) is 5.73 Å². The highest BCUT2D eigenvalue weighted by Gasteiger charge is 2.28. The van der Waals surface area contributed by atoms with Crippen LogP contribution in [0.2, 0.25) is 0 Å². The summed E-state index contributed by atoms with van der Waals surface area (Å²) in [6, 6.07) is 9.00. The van der Waals surface area contributed by atoms with Gasteiger partial charge in [0.15, 0.2) is 0 Å². The molecule has 0 radical (unpaired) electrons. The Balaban J connectivity index is 0.00000225. The van der Waals surface area contributed by atoms with Crippen molar-refractivity contribution in [2.75, 3.05) is 39.9 Å². The number of rotatable bonds is 4. The zero-order valence-corrected chi connectivity index (χ0v) is 14.9. The largest absolute Gasteiger partial charge is 0.383 e. The number of ether oxygens (including phenoxy) is 1. The average molecular weight is 367 g/mol. The number of carbonyl (C=O) groups is 2. The summed E-state index contributed by atoms with van der Waals surface area (Å²) in [7, 11) is 1.52. The second-order valence-electron chi connectivity index (χ2n) is 5.95. The standard InChI is InChI=1S/C17H22N4O3.ClH/c1-24-11-13(18)16(22)20-6-8-21(9-7-20)17(23)15-10-12-4-2-3-5-14(12)19-15;/h2-5,10,13,19H,6-9,11,18H2,1H3;1H. The number of methoxy groups -OCH3 is 1. The number of carbonyl (C=O) groups excluding carboxylic acids is 2. The smallest absolute Gasteiger partial charge is 0.270 e. The van der Waals surface area contributed by atoms with Crippen molar-refractivity contribution in [1.29, 1.82) is 0 Å². The Labute approximate surface area is 152 Å². The lowest BCUT2D eigenvalue weighted by molar-refractivity contribution is -0.135. The van der Waals surface area contributed by atoms with Crippen LogP contribution in [0.3, 0.4) is 0 Å². The maximum absolute atomic E-state index is 12.6. The minimum atomic E-state index is -0.647. The molecule has 136 valence electrons. The third-order valence-corrected chi connectivity index (χ3v) is 4.30. The van der Waals surface area contributed by atoms with E-state index in [1.54, 1.807) is 9.80 Å². The van der Waals surface area contributed by atoms with E-state index in [0.29, 0.717) is 31.9 Å². The molecule has 1 aliphatic rings. The third kappa shape index (κ3) is 4.12. The molecule has 25 heavy (non-hydrogen) atoms. The summed E-state index contributed by atoms with van der Waals surface area (Å²) in [6.07, 6.45) is 0. The number of aromatic amines is 1. The van der Waals surface area contributed by atoms with Gasteiger partial charge in [-0.15, -0.1) is 12.4 Å². The van der Waals surface area contributed by atoms with Crippen LogP contribution in [0.15, 0.2) is 30.3 Å². The highest BCUT2D eigenvalue weighted by Crippen LogP contribution is 2.17. The fourth-order valence-electron chi connectivity index (χ4n) is 2.97. The Hall–Kier alpha value is -2.09. The molecule has 0 aliphatic carbocycles. The fraction of sp³-hybridized carbons (Fsp3) is 0.412. The number of hydrogen-bond donors (Lipinski definition) is 2. The van der Waals surface area contributed by atoms with Gasteiger partial charge >= 0.3 is 0 Å². The lowest BCUT2D eigenvalue weighted by Crippen LogP contribution is -2.55. The molecular formula is C17H23ClN4O3. The molecule has 1 atom stereocenters. The molecule has 1 aromatic heterocycles. The SMILES string of the molecule is COCC(N)C(=O)N1CCN(C(=O)c2cc3ccccc3[nH]2)CC1.Cl. The molecule has 1 aliphatic heterocycles. The number of benzene rings is 1. The summed E-state index contributed by atoms with van der Waals surface area (Å²) in [5.74, 6) is -0.172. The minimum Gasteiger partial charge on any atom is -0.383 e. The molecule has 1 unspecified atom stereocenters. The molecule has 2 amide bonds. The Morgan fingerprint density at radius 2 is 1.84 bits per heavy atom. The molecule has 7 nitrogen and oxygen atoms in total. The second-order valence-corrected chi connectivity index (χ2v) is 5.95. The number of hydrogen-bond acceptors (Lipinski definition) is 4. The van der Waals surface area contributed by atoms with Crippen LogP contribution in [-0.4, -0.2) is 72.5 Å². The summed E-state index contributed by atoms with van der Waals surface area (Å²) >= 11 is 0. The number of H-pyrrole nitrogens is 1. The molecular weight excluding hydrogens is 344 g/mol. The van der Waals surface area contributed by atoms with Crippen LogP contribution in [-0.2, 0) is 9.53 Å². The number of nitrogens with one attached hydrogen (secondary N) is 1. The number of fused-ring (bicyclic) bond motifs is 1. The number of para-hydroxylation sites is 1. The van der Waals surface area contributed by atoms with Gasteiger partial charge in [-0.1, -0.05) is 18.2 Å². The minimum absolute atomic E-state index is 0. The predicted octanol–water partition coefficient (Wildman–Crippen LogP) is 0.848. The molecule has 2 heterocycles. The van der Waals surface area contributed by atoms with E-state index in [1.165, 1.54) is 7.11 Å². The van der Waals surface area contributed by atoms with Gasteiger partial charge in [0.05, 0.1) is 6.61 Å². The molecule has 2 aromatic rings. The van der Waals surface area contributed by atoms with Gasteiger partial charge in [-0.3, -0.25) is 9.59 Å². The third-order valence-electron chi connectivity index (χ3n) is 4.30. The van der Waals surface area contributed by atoms with Crippen molar-refractivity contribution >= 4 is 35.1 Å². The van der Waals surface area contributed by atoms with Crippen molar-refractivity contribution in [2.45, 2.75) is 6.04 Å². The van der Waals surface area contributed by atoms with E-state index in [-0.39, 0.29) is 30.8 Å². The average Bonchev–Trinajstić information content (AvgIpc) is 3.05. The maximum atomic E-state index is 12.6. The van der Waals surface area contributed by atoms with Gasteiger partial charge in [0.25, 0.3) is 5.91 Å². The van der Waals surface area contributed by atoms with E-state index in [4.69, 9.17) is 10.5 Å². The fourth-order valence-corrected chi connectivity index (χ4v) is 2.97. The summed E-state index contributed by atoms with van der Waals surface area (Å²) in [5.41, 5.74) is 7.31. The number of nitrogens with two attached hydrogens (primary N) is 1. The van der Waals surface area contributed by atoms with E-state index in [2.05, 4.69) is 4.98 Å². The molecule has 3 rings (SSSR count). The molecule has 1 aromatic carbocycles. The Bertz CT molecular complexity index is 707. The molecule has 3 N–H and O–H groups in total. The van der Waals surface area contributed by atoms with Crippen LogP contribution in [0.5, 0.6) is 0 Å². The maximum Gasteiger partial charge on any atom is 0.270 e. The van der Waals surface area contributed by atoms with Crippen LogP contribution in [0.4, 0.5) is 0 Å². The first-order valence-corrected chi connectivity index (χ1v) is 8.00. The lowest BCUT2D eigenvalue weighted by Gasteiger charge is -2.35. The quantitative estimate of drug-likeness (QED) is 0.839. The van der Waals surface area contributed by atoms with E-state index >= 15 is 0 Å². The summed E-state index contributed by atoms with van der Waals surface area (Å²) < 4.78 is 4.92. The van der Waals surface area contributed by atoms with Crippen molar-refractivity contribution < 1.29 is 14.3 Å². The van der Waals surface area contributed by atoms with Gasteiger partial charge in [-0.25, -0.2) is 0 Å². The van der Waals surface area contributed by atoms with Crippen LogP contribution < -0.4 is 5.73 Å². The normalized spacial score (nSPS) is 15.8. The number of aromatic nitrogens is 1. The Morgan fingerprint density at radius 3 is 2.48 bits per heavy atom. The van der Waals surface area contributed by atoms with Gasteiger partial charge in [0, 0.05) is 44.2 Å². The molecule has 0 spiro atoms. The number of halogens is 1. The van der Waals surface area contributed by atoms with Crippen LogP contribution in [0.25, 0.3) is 10.9 Å². The first kappa shape index (κ1) is 19.2. The molecule has 0 bridgehead atoms. The molecule has 1 saturated heterocycles. The van der Waals surface area contributed by atoms with Gasteiger partial charge in [-0.2, -0.15) is 0 Å². The zero-order chi connectivity index (χ0) is 17.1. The van der Waals surface area contributed by atoms with Gasteiger partial charge in [-0.05, 0) is 12.1 Å². The monoisotopic (exact) mass is 366 g/mol. The summed E-state index contributed by atoms with van der Waals surface area (Å²) in [6.45, 7) is 2.18. The first-order valence-electron chi connectivity index (χ1n) is 8.00. The van der Waals surface area contributed by atoms with Crippen molar-refractivity contribution in [3.63, 3.8) is 0 Å². The van der Waals surface area contributed by atoms with E-state index in [9.17, 15) is 9.59 Å². The summed E-state index contributed by atoms with van der Waals surface area (Å²) in [4.78, 5) is 31.4. The summed E-state index contributed by atoms with van der Waals surface area (Å²) in [5, 5.41) is 1.01. The number of amides is 2. The van der Waals surface area contributed by atoms with E-state index in [0.717, 1.165) is 10.9 Å². The van der Waals surface area contributed by atoms with E-state index < -0.39 is 6.04 Å². The Kier molecular flexibility index (Phi) is 6.41. The van der Waals surface area contributed by atoms with E-state index in [1.807, 2.05) is 30.3 Å². The lowest BCUT2D eigenvalue weighted by atomic mass is 10.2. The zero-order valence-electron chi connectivity index (χ0n) is 14.1. The van der Waals surface area contributed by atoms with Gasteiger partial charge in [0.1, 0.15) is 11.7 Å². The van der Waals surface area contributed by atoms with Crippen molar-refractivity contribution in [3.05, 3.63) is 36.0 Å². The topological polar surface area (TPSA) is 91.7 Å². The highest BCUT2D eigenvalue weighted by atomic mass is 35.5. The predicted molar refractivity (Wildman–Crippen MR) is 97.9 cm³/mol. The van der Waals surface area contributed by atoms with Gasteiger partial charge in [0.2, 0.25) is 5.91 Å². The molecule has 8 heteroatoms. The van der Waals surface area contributed by atoms with Crippen LogP contribution in [0.1, 0.15) is 10.5 Å². The van der Waals surface area contributed by atoms with Gasteiger partial charge < -0.3 is 25.3 Å². The molecule has 1 fully saturated rings. The highest BCUT2D eigenvalue weighted by molar-refractivity contribution is 5.98.